The number of halogens is 1. The highest BCUT2D eigenvalue weighted by Gasteiger charge is 2.45. The van der Waals surface area contributed by atoms with Gasteiger partial charge in [0.2, 0.25) is 0 Å². The molecule has 2 aromatic rings. The second kappa shape index (κ2) is 7.47. The van der Waals surface area contributed by atoms with E-state index < -0.39 is 17.7 Å². The Morgan fingerprint density at radius 2 is 1.79 bits per heavy atom. The molecular formula is C19H19FO4. The molecule has 0 saturated carbocycles. The van der Waals surface area contributed by atoms with E-state index in [-0.39, 0.29) is 6.42 Å². The molecular weight excluding hydrogens is 311 g/mol. The number of aliphatic hydroxyl groups excluding tert-OH is 1. The van der Waals surface area contributed by atoms with Crippen molar-refractivity contribution in [3.8, 4) is 0 Å². The smallest absolute Gasteiger partial charge is 0.303 e. The third-order valence-corrected chi connectivity index (χ3v) is 3.85. The zero-order valence-corrected chi connectivity index (χ0v) is 13.1. The lowest BCUT2D eigenvalue weighted by Crippen LogP contribution is -2.41. The van der Waals surface area contributed by atoms with E-state index in [1.807, 2.05) is 30.3 Å². The first-order chi connectivity index (χ1) is 11.7. The molecule has 0 amide bonds. The Morgan fingerprint density at radius 3 is 2.50 bits per heavy atom. The molecule has 1 aliphatic heterocycles. The van der Waals surface area contributed by atoms with Gasteiger partial charge in [-0.3, -0.25) is 0 Å². The fraction of sp³-hybridized carbons (Fsp3) is 0.263. The van der Waals surface area contributed by atoms with E-state index in [4.69, 9.17) is 14.2 Å². The fourth-order valence-electron chi connectivity index (χ4n) is 2.63. The summed E-state index contributed by atoms with van der Waals surface area (Å²) in [6.45, 7) is 0.778. The lowest BCUT2D eigenvalue weighted by molar-refractivity contribution is -0.221. The van der Waals surface area contributed by atoms with Crippen LogP contribution in [0.4, 0.5) is 4.39 Å². The normalized spacial score (nSPS) is 16.4. The largest absolute Gasteiger partial charge is 0.451 e. The van der Waals surface area contributed by atoms with Crippen molar-refractivity contribution in [2.45, 2.75) is 24.9 Å². The highest BCUT2D eigenvalue weighted by molar-refractivity contribution is 5.24. The van der Waals surface area contributed by atoms with Gasteiger partial charge in [0.25, 0.3) is 0 Å². The summed E-state index contributed by atoms with van der Waals surface area (Å²) in [5.41, 5.74) is 1.48. The van der Waals surface area contributed by atoms with Crippen molar-refractivity contribution in [3.05, 3.63) is 84.1 Å². The van der Waals surface area contributed by atoms with E-state index in [9.17, 15) is 9.50 Å². The first-order valence-corrected chi connectivity index (χ1v) is 7.77. The first kappa shape index (κ1) is 16.5. The van der Waals surface area contributed by atoms with Gasteiger partial charge in [-0.2, -0.15) is 0 Å². The van der Waals surface area contributed by atoms with E-state index in [1.165, 1.54) is 24.7 Å². The monoisotopic (exact) mass is 330 g/mol. The van der Waals surface area contributed by atoms with Gasteiger partial charge in [-0.25, -0.2) is 4.39 Å². The van der Waals surface area contributed by atoms with Crippen LogP contribution < -0.4 is 0 Å². The van der Waals surface area contributed by atoms with Crippen molar-refractivity contribution in [1.82, 2.24) is 0 Å². The second-order valence-electron chi connectivity index (χ2n) is 5.53. The topological polar surface area (TPSA) is 47.9 Å². The minimum Gasteiger partial charge on any atom is -0.451 e. The molecule has 126 valence electrons. The Labute approximate surface area is 140 Å². The second-order valence-corrected chi connectivity index (χ2v) is 5.53. The molecule has 0 aliphatic carbocycles. The van der Waals surface area contributed by atoms with Crippen LogP contribution in [0, 0.1) is 5.82 Å². The van der Waals surface area contributed by atoms with Crippen LogP contribution in [0.25, 0.3) is 0 Å². The fourth-order valence-corrected chi connectivity index (χ4v) is 2.63. The lowest BCUT2D eigenvalue weighted by Gasteiger charge is -2.32. The Bertz CT molecular complexity index is 679. The molecule has 0 spiro atoms. The summed E-state index contributed by atoms with van der Waals surface area (Å²) >= 11 is 0. The molecule has 0 aromatic heterocycles. The van der Waals surface area contributed by atoms with Gasteiger partial charge in [0.1, 0.15) is 24.4 Å². The Kier molecular flexibility index (Phi) is 5.13. The molecule has 0 saturated heterocycles. The molecule has 1 atom stereocenters. The van der Waals surface area contributed by atoms with Gasteiger partial charge in [-0.05, 0) is 17.7 Å². The summed E-state index contributed by atoms with van der Waals surface area (Å²) < 4.78 is 30.1. The zero-order valence-electron chi connectivity index (χ0n) is 13.1. The summed E-state index contributed by atoms with van der Waals surface area (Å²) in [4.78, 5) is 0. The van der Waals surface area contributed by atoms with Crippen LogP contribution in [0.15, 0.2) is 67.1 Å². The highest BCUT2D eigenvalue weighted by atomic mass is 19.1. The summed E-state index contributed by atoms with van der Waals surface area (Å²) in [6, 6.07) is 15.6. The molecule has 1 unspecified atom stereocenters. The van der Waals surface area contributed by atoms with Crippen LogP contribution in [0.1, 0.15) is 17.5 Å². The standard InChI is InChI=1S/C19H19FO4/c20-17-8-4-7-16(13-17)19(23-11-12-24-19)18(21)9-10-22-14-15-5-2-1-3-6-15/h1-8,11-13,18,21H,9-10,14H2. The maximum Gasteiger partial charge on any atom is 0.303 e. The predicted molar refractivity (Wildman–Crippen MR) is 86.1 cm³/mol. The van der Waals surface area contributed by atoms with E-state index in [1.54, 1.807) is 12.1 Å². The number of rotatable bonds is 7. The number of hydrogen-bond acceptors (Lipinski definition) is 4. The number of benzene rings is 2. The Hall–Kier alpha value is -2.37. The van der Waals surface area contributed by atoms with Crippen LogP contribution in [0.3, 0.4) is 0 Å². The van der Waals surface area contributed by atoms with Crippen molar-refractivity contribution >= 4 is 0 Å². The maximum atomic E-state index is 13.5. The first-order valence-electron chi connectivity index (χ1n) is 7.77. The van der Waals surface area contributed by atoms with Crippen molar-refractivity contribution in [1.29, 1.82) is 0 Å². The molecule has 3 rings (SSSR count). The molecule has 0 radical (unpaired) electrons. The van der Waals surface area contributed by atoms with Crippen molar-refractivity contribution < 1.29 is 23.7 Å². The zero-order chi connectivity index (χ0) is 16.8. The Balaban J connectivity index is 1.60. The third kappa shape index (κ3) is 3.58. The summed E-state index contributed by atoms with van der Waals surface area (Å²) in [5, 5.41) is 10.5. The van der Waals surface area contributed by atoms with Gasteiger partial charge < -0.3 is 19.3 Å². The molecule has 1 aliphatic rings. The van der Waals surface area contributed by atoms with Gasteiger partial charge in [-0.15, -0.1) is 0 Å². The molecule has 24 heavy (non-hydrogen) atoms. The molecule has 5 heteroatoms. The third-order valence-electron chi connectivity index (χ3n) is 3.85. The minimum atomic E-state index is -1.43. The maximum absolute atomic E-state index is 13.5. The van der Waals surface area contributed by atoms with Crippen LogP contribution in [-0.4, -0.2) is 17.8 Å². The van der Waals surface area contributed by atoms with Crippen LogP contribution in [0.2, 0.25) is 0 Å². The minimum absolute atomic E-state index is 0.283. The summed E-state index contributed by atoms with van der Waals surface area (Å²) in [5.74, 6) is -1.85. The average molecular weight is 330 g/mol. The van der Waals surface area contributed by atoms with E-state index in [2.05, 4.69) is 0 Å². The van der Waals surface area contributed by atoms with Crippen LogP contribution >= 0.6 is 0 Å². The van der Waals surface area contributed by atoms with Crippen molar-refractivity contribution in [2.24, 2.45) is 0 Å². The van der Waals surface area contributed by atoms with E-state index in [0.717, 1.165) is 5.56 Å². The summed E-state index contributed by atoms with van der Waals surface area (Å²) in [7, 11) is 0. The summed E-state index contributed by atoms with van der Waals surface area (Å²) in [6.07, 6.45) is 1.97. The van der Waals surface area contributed by atoms with E-state index >= 15 is 0 Å². The van der Waals surface area contributed by atoms with Gasteiger partial charge in [0.05, 0.1) is 6.61 Å². The molecule has 0 fully saturated rings. The van der Waals surface area contributed by atoms with Crippen LogP contribution in [0.5, 0.6) is 0 Å². The van der Waals surface area contributed by atoms with Crippen molar-refractivity contribution in [2.75, 3.05) is 6.61 Å². The van der Waals surface area contributed by atoms with Gasteiger partial charge in [0, 0.05) is 18.6 Å². The average Bonchev–Trinajstić information content (AvgIpc) is 3.11. The van der Waals surface area contributed by atoms with Gasteiger partial charge in [-0.1, -0.05) is 42.5 Å². The Morgan fingerprint density at radius 1 is 1.04 bits per heavy atom. The molecule has 1 N–H and O–H groups in total. The number of ether oxygens (including phenoxy) is 3. The number of hydrogen-bond donors (Lipinski definition) is 1. The SMILES string of the molecule is OC(CCOCc1ccccc1)C1(c2cccc(F)c2)OC=CO1. The number of aliphatic hydroxyl groups is 1. The van der Waals surface area contributed by atoms with Gasteiger partial charge >= 0.3 is 5.79 Å². The van der Waals surface area contributed by atoms with Crippen molar-refractivity contribution in [3.63, 3.8) is 0 Å². The van der Waals surface area contributed by atoms with Gasteiger partial charge in [0.15, 0.2) is 0 Å². The lowest BCUT2D eigenvalue weighted by atomic mass is 9.97. The highest BCUT2D eigenvalue weighted by Crippen LogP contribution is 2.37. The molecule has 1 heterocycles. The quantitative estimate of drug-likeness (QED) is 0.790. The molecule has 4 nitrogen and oxygen atoms in total. The predicted octanol–water partition coefficient (Wildman–Crippen LogP) is 3.46. The van der Waals surface area contributed by atoms with Crippen LogP contribution in [-0.2, 0) is 26.6 Å². The van der Waals surface area contributed by atoms with E-state index in [0.29, 0.717) is 18.8 Å². The molecule has 2 aromatic carbocycles. The molecule has 0 bridgehead atoms.